The molecule has 1 aromatic heterocycles. The first-order valence-corrected chi connectivity index (χ1v) is 7.84. The van der Waals surface area contributed by atoms with E-state index in [1.165, 1.54) is 14.2 Å². The molecule has 1 heterocycles. The summed E-state index contributed by atoms with van der Waals surface area (Å²) in [4.78, 5) is 16.3. The number of methoxy groups -OCH3 is 2. The van der Waals surface area contributed by atoms with Gasteiger partial charge in [-0.15, -0.1) is 0 Å². The number of aromatic nitrogens is 1. The molecule has 1 amide bonds. The van der Waals surface area contributed by atoms with Crippen LogP contribution in [-0.2, 0) is 11.3 Å². The van der Waals surface area contributed by atoms with E-state index in [1.807, 2.05) is 18.2 Å². The molecule has 2 N–H and O–H groups in total. The van der Waals surface area contributed by atoms with Crippen molar-refractivity contribution in [2.24, 2.45) is 0 Å². The monoisotopic (exact) mass is 349 g/mol. The molecule has 0 unspecified atom stereocenters. The molecule has 2 aromatic rings. The maximum Gasteiger partial charge on any atom is 0.225 e. The number of carbonyl (C=O) groups is 1. The van der Waals surface area contributed by atoms with E-state index in [-0.39, 0.29) is 5.91 Å². The van der Waals surface area contributed by atoms with Gasteiger partial charge in [0.15, 0.2) is 0 Å². The molecule has 0 saturated carbocycles. The van der Waals surface area contributed by atoms with Gasteiger partial charge < -0.3 is 20.1 Å². The van der Waals surface area contributed by atoms with Crippen LogP contribution in [0.15, 0.2) is 36.5 Å². The zero-order valence-electron chi connectivity index (χ0n) is 13.6. The summed E-state index contributed by atoms with van der Waals surface area (Å²) in [6.45, 7) is 1.15. The number of hydrogen-bond acceptors (Lipinski definition) is 5. The Bertz CT molecular complexity index is 680. The molecule has 1 aromatic carbocycles. The van der Waals surface area contributed by atoms with Crippen LogP contribution in [0.3, 0.4) is 0 Å². The molecule has 24 heavy (non-hydrogen) atoms. The van der Waals surface area contributed by atoms with Crippen LogP contribution in [-0.4, -0.2) is 31.7 Å². The van der Waals surface area contributed by atoms with Gasteiger partial charge >= 0.3 is 0 Å². The fourth-order valence-electron chi connectivity index (χ4n) is 2.09. The molecule has 0 aliphatic carbocycles. The first kappa shape index (κ1) is 18.0. The van der Waals surface area contributed by atoms with Gasteiger partial charge in [-0.2, -0.15) is 0 Å². The second-order valence-electron chi connectivity index (χ2n) is 4.98. The van der Waals surface area contributed by atoms with Crippen molar-refractivity contribution in [1.82, 2.24) is 10.3 Å². The van der Waals surface area contributed by atoms with Crippen LogP contribution in [0, 0.1) is 0 Å². The molecule has 128 valence electrons. The molecule has 0 radical (unpaired) electrons. The van der Waals surface area contributed by atoms with Crippen molar-refractivity contribution in [3.8, 4) is 11.5 Å². The van der Waals surface area contributed by atoms with Gasteiger partial charge in [0.2, 0.25) is 5.91 Å². The van der Waals surface area contributed by atoms with E-state index in [0.717, 1.165) is 5.69 Å². The van der Waals surface area contributed by atoms with Gasteiger partial charge in [0.25, 0.3) is 0 Å². The van der Waals surface area contributed by atoms with Gasteiger partial charge in [0.05, 0.1) is 30.6 Å². The second-order valence-corrected chi connectivity index (χ2v) is 5.39. The van der Waals surface area contributed by atoms with Gasteiger partial charge in [-0.25, -0.2) is 0 Å². The van der Waals surface area contributed by atoms with E-state index in [9.17, 15) is 4.79 Å². The lowest BCUT2D eigenvalue weighted by molar-refractivity contribution is -0.116. The standard InChI is InChI=1S/C17H20ClN3O3/c1-23-15-10-14(16(24-2)9-13(15)18)21-17(22)6-8-19-11-12-5-3-4-7-20-12/h3-5,7,9-10,19H,6,8,11H2,1-2H3,(H,21,22). The summed E-state index contributed by atoms with van der Waals surface area (Å²) in [7, 11) is 3.03. The average Bonchev–Trinajstić information content (AvgIpc) is 2.60. The maximum atomic E-state index is 12.1. The lowest BCUT2D eigenvalue weighted by Gasteiger charge is -2.13. The quantitative estimate of drug-likeness (QED) is 0.717. The van der Waals surface area contributed by atoms with Crippen LogP contribution in [0.25, 0.3) is 0 Å². The summed E-state index contributed by atoms with van der Waals surface area (Å²) < 4.78 is 10.4. The third kappa shape index (κ3) is 5.11. The Hall–Kier alpha value is -2.31. The summed E-state index contributed by atoms with van der Waals surface area (Å²) in [5.41, 5.74) is 1.45. The normalized spacial score (nSPS) is 10.3. The van der Waals surface area contributed by atoms with Crippen molar-refractivity contribution in [2.45, 2.75) is 13.0 Å². The number of carbonyl (C=O) groups excluding carboxylic acids is 1. The number of nitrogens with zero attached hydrogens (tertiary/aromatic N) is 1. The Kier molecular flexibility index (Phi) is 6.84. The lowest BCUT2D eigenvalue weighted by Crippen LogP contribution is -2.22. The van der Waals surface area contributed by atoms with Gasteiger partial charge in [0, 0.05) is 37.8 Å². The minimum absolute atomic E-state index is 0.133. The number of nitrogens with one attached hydrogen (secondary N) is 2. The van der Waals surface area contributed by atoms with Crippen LogP contribution < -0.4 is 20.1 Å². The Morgan fingerprint density at radius 1 is 1.21 bits per heavy atom. The Morgan fingerprint density at radius 2 is 2.00 bits per heavy atom. The van der Waals surface area contributed by atoms with Crippen LogP contribution >= 0.6 is 11.6 Å². The highest BCUT2D eigenvalue weighted by Gasteiger charge is 2.12. The van der Waals surface area contributed by atoms with Crippen LogP contribution in [0.5, 0.6) is 11.5 Å². The number of rotatable bonds is 8. The molecule has 0 bridgehead atoms. The number of hydrogen-bond donors (Lipinski definition) is 2. The number of anilines is 1. The van der Waals surface area contributed by atoms with E-state index >= 15 is 0 Å². The number of amides is 1. The summed E-state index contributed by atoms with van der Waals surface area (Å²) >= 11 is 6.04. The largest absolute Gasteiger partial charge is 0.495 e. The van der Waals surface area contributed by atoms with Crippen LogP contribution in [0.4, 0.5) is 5.69 Å². The fourth-order valence-corrected chi connectivity index (χ4v) is 2.32. The predicted octanol–water partition coefficient (Wildman–Crippen LogP) is 2.87. The van der Waals surface area contributed by atoms with E-state index in [2.05, 4.69) is 15.6 Å². The fraction of sp³-hybridized carbons (Fsp3) is 0.294. The van der Waals surface area contributed by atoms with Crippen molar-refractivity contribution < 1.29 is 14.3 Å². The van der Waals surface area contributed by atoms with Gasteiger partial charge in [0.1, 0.15) is 11.5 Å². The zero-order chi connectivity index (χ0) is 17.4. The third-order valence-electron chi connectivity index (χ3n) is 3.31. The van der Waals surface area contributed by atoms with Crippen LogP contribution in [0.2, 0.25) is 5.02 Å². The molecule has 7 heteroatoms. The van der Waals surface area contributed by atoms with Gasteiger partial charge in [-0.05, 0) is 12.1 Å². The van der Waals surface area contributed by atoms with Crippen molar-refractivity contribution in [2.75, 3.05) is 26.1 Å². The summed E-state index contributed by atoms with van der Waals surface area (Å²) in [5, 5.41) is 6.40. The Labute approximate surface area is 146 Å². The van der Waals surface area contributed by atoms with E-state index in [4.69, 9.17) is 21.1 Å². The van der Waals surface area contributed by atoms with Crippen molar-refractivity contribution in [1.29, 1.82) is 0 Å². The predicted molar refractivity (Wildman–Crippen MR) is 93.7 cm³/mol. The highest BCUT2D eigenvalue weighted by molar-refractivity contribution is 6.32. The second kappa shape index (κ2) is 9.10. The number of ether oxygens (including phenoxy) is 2. The summed E-state index contributed by atoms with van der Waals surface area (Å²) in [6, 6.07) is 8.97. The maximum absolute atomic E-state index is 12.1. The van der Waals surface area contributed by atoms with E-state index in [0.29, 0.717) is 41.7 Å². The Balaban J connectivity index is 1.85. The highest BCUT2D eigenvalue weighted by Crippen LogP contribution is 2.35. The molecule has 6 nitrogen and oxygen atoms in total. The molecular weight excluding hydrogens is 330 g/mol. The molecule has 0 aliphatic rings. The average molecular weight is 350 g/mol. The smallest absolute Gasteiger partial charge is 0.225 e. The molecule has 0 fully saturated rings. The van der Waals surface area contributed by atoms with Crippen molar-refractivity contribution in [3.05, 3.63) is 47.2 Å². The molecule has 2 rings (SSSR count). The zero-order valence-corrected chi connectivity index (χ0v) is 14.4. The summed E-state index contributed by atoms with van der Waals surface area (Å²) in [5.74, 6) is 0.822. The minimum Gasteiger partial charge on any atom is -0.495 e. The van der Waals surface area contributed by atoms with Gasteiger partial charge in [-0.1, -0.05) is 17.7 Å². The minimum atomic E-state index is -0.133. The molecule has 0 aliphatic heterocycles. The van der Waals surface area contributed by atoms with E-state index in [1.54, 1.807) is 18.3 Å². The van der Waals surface area contributed by atoms with Crippen molar-refractivity contribution >= 4 is 23.2 Å². The third-order valence-corrected chi connectivity index (χ3v) is 3.60. The van der Waals surface area contributed by atoms with E-state index < -0.39 is 0 Å². The first-order chi connectivity index (χ1) is 11.6. The number of pyridine rings is 1. The molecular formula is C17H20ClN3O3. The SMILES string of the molecule is COc1cc(NC(=O)CCNCc2ccccn2)c(OC)cc1Cl. The number of benzene rings is 1. The topological polar surface area (TPSA) is 72.5 Å². The molecule has 0 spiro atoms. The van der Waals surface area contributed by atoms with Gasteiger partial charge in [-0.3, -0.25) is 9.78 Å². The Morgan fingerprint density at radius 3 is 2.67 bits per heavy atom. The highest BCUT2D eigenvalue weighted by atomic mass is 35.5. The molecule has 0 saturated heterocycles. The lowest BCUT2D eigenvalue weighted by atomic mass is 10.2. The number of halogens is 1. The first-order valence-electron chi connectivity index (χ1n) is 7.46. The summed E-state index contributed by atoms with van der Waals surface area (Å²) in [6.07, 6.45) is 2.06. The molecule has 0 atom stereocenters. The van der Waals surface area contributed by atoms with Crippen LogP contribution in [0.1, 0.15) is 12.1 Å². The van der Waals surface area contributed by atoms with Crippen molar-refractivity contribution in [3.63, 3.8) is 0 Å².